The molecule has 0 radical (unpaired) electrons. The number of amides is 1. The number of benzene rings is 2. The van der Waals surface area contributed by atoms with Crippen molar-refractivity contribution in [2.45, 2.75) is 44.0 Å². The van der Waals surface area contributed by atoms with Crippen LogP contribution in [0.1, 0.15) is 43.0 Å². The van der Waals surface area contributed by atoms with Crippen LogP contribution in [0.25, 0.3) is 0 Å². The summed E-state index contributed by atoms with van der Waals surface area (Å²) >= 11 is 1.16. The van der Waals surface area contributed by atoms with Gasteiger partial charge in [-0.25, -0.2) is 0 Å². The van der Waals surface area contributed by atoms with E-state index in [2.05, 4.69) is 36.3 Å². The predicted octanol–water partition coefficient (Wildman–Crippen LogP) is 5.17. The lowest BCUT2D eigenvalue weighted by Crippen LogP contribution is -2.26. The van der Waals surface area contributed by atoms with Gasteiger partial charge in [0.25, 0.3) is 0 Å². The highest BCUT2D eigenvalue weighted by Crippen LogP contribution is 2.31. The minimum absolute atomic E-state index is 0.0648. The average molecular weight is 433 g/mol. The number of nitrogens with zero attached hydrogens (tertiary/aromatic N) is 2. The molecule has 0 aliphatic carbocycles. The first-order valence-electron chi connectivity index (χ1n) is 9.37. The Morgan fingerprint density at radius 2 is 1.77 bits per heavy atom. The predicted molar refractivity (Wildman–Crippen MR) is 115 cm³/mol. The molecule has 0 saturated carbocycles. The van der Waals surface area contributed by atoms with E-state index < -0.39 is 17.0 Å². The first kappa shape index (κ1) is 22.1. The zero-order chi connectivity index (χ0) is 21.9. The summed E-state index contributed by atoms with van der Waals surface area (Å²) in [6, 6.07) is 13.0. The van der Waals surface area contributed by atoms with Crippen molar-refractivity contribution >= 4 is 29.1 Å². The Hall–Kier alpha value is -2.61. The van der Waals surface area contributed by atoms with E-state index in [0.29, 0.717) is 10.7 Å². The van der Waals surface area contributed by atoms with Crippen molar-refractivity contribution in [1.82, 2.24) is 5.32 Å². The van der Waals surface area contributed by atoms with E-state index >= 15 is 0 Å². The lowest BCUT2D eigenvalue weighted by Gasteiger charge is -2.18. The standard InChI is InChI=1S/C22H22F3N3OS/c1-21(2,3)16-9-7-14(8-10-16)13-26-28-20-27-19(29)18(30-20)12-15-5-4-6-17(11-15)22(23,24)25/h4-11,13,18H,12H2,1-3H3,(H,27,28,29)/b26-13+. The fourth-order valence-electron chi connectivity index (χ4n) is 2.89. The summed E-state index contributed by atoms with van der Waals surface area (Å²) in [6.07, 6.45) is -2.64. The van der Waals surface area contributed by atoms with E-state index in [9.17, 15) is 18.0 Å². The maximum Gasteiger partial charge on any atom is 0.416 e. The largest absolute Gasteiger partial charge is 0.416 e. The molecule has 1 aliphatic rings. The normalized spacial score (nSPS) is 18.9. The summed E-state index contributed by atoms with van der Waals surface area (Å²) < 4.78 is 38.6. The third-order valence-corrected chi connectivity index (χ3v) is 5.66. The Labute approximate surface area is 177 Å². The quantitative estimate of drug-likeness (QED) is 0.534. The van der Waals surface area contributed by atoms with E-state index in [1.807, 2.05) is 24.3 Å². The molecule has 8 heteroatoms. The molecule has 0 spiro atoms. The number of carbonyl (C=O) groups is 1. The topological polar surface area (TPSA) is 53.8 Å². The molecule has 0 bridgehead atoms. The van der Waals surface area contributed by atoms with Gasteiger partial charge in [0.1, 0.15) is 0 Å². The molecule has 1 saturated heterocycles. The van der Waals surface area contributed by atoms with E-state index in [4.69, 9.17) is 0 Å². The zero-order valence-corrected chi connectivity index (χ0v) is 17.6. The summed E-state index contributed by atoms with van der Waals surface area (Å²) in [4.78, 5) is 12.1. The van der Waals surface area contributed by atoms with Gasteiger partial charge in [-0.1, -0.05) is 75.0 Å². The van der Waals surface area contributed by atoms with Gasteiger partial charge in [0.15, 0.2) is 5.17 Å². The summed E-state index contributed by atoms with van der Waals surface area (Å²) in [5, 5.41) is 10.4. The van der Waals surface area contributed by atoms with Crippen molar-refractivity contribution in [3.05, 3.63) is 70.8 Å². The fourth-order valence-corrected chi connectivity index (χ4v) is 3.86. The molecule has 1 heterocycles. The van der Waals surface area contributed by atoms with Crippen molar-refractivity contribution in [2.75, 3.05) is 0 Å². The Bertz CT molecular complexity index is 976. The number of amidine groups is 1. The first-order chi connectivity index (χ1) is 14.0. The average Bonchev–Trinajstić information content (AvgIpc) is 3.00. The van der Waals surface area contributed by atoms with Crippen molar-refractivity contribution in [2.24, 2.45) is 10.2 Å². The van der Waals surface area contributed by atoms with E-state index in [-0.39, 0.29) is 17.7 Å². The summed E-state index contributed by atoms with van der Waals surface area (Å²) in [5.74, 6) is -0.291. The van der Waals surface area contributed by atoms with Gasteiger partial charge in [0.05, 0.1) is 17.0 Å². The maximum atomic E-state index is 12.9. The molecule has 1 aliphatic heterocycles. The fraction of sp³-hybridized carbons (Fsp3) is 0.318. The van der Waals surface area contributed by atoms with E-state index in [1.165, 1.54) is 11.6 Å². The van der Waals surface area contributed by atoms with Crippen LogP contribution in [0, 0.1) is 0 Å². The van der Waals surface area contributed by atoms with Crippen LogP contribution in [0.2, 0.25) is 0 Å². The monoisotopic (exact) mass is 433 g/mol. The minimum Gasteiger partial charge on any atom is -0.303 e. The van der Waals surface area contributed by atoms with E-state index in [0.717, 1.165) is 29.5 Å². The van der Waals surface area contributed by atoms with Gasteiger partial charge >= 0.3 is 6.18 Å². The van der Waals surface area contributed by atoms with Crippen LogP contribution >= 0.6 is 11.8 Å². The van der Waals surface area contributed by atoms with Crippen LogP contribution in [0.3, 0.4) is 0 Å². The van der Waals surface area contributed by atoms with Crippen LogP contribution < -0.4 is 5.32 Å². The summed E-state index contributed by atoms with van der Waals surface area (Å²) in [7, 11) is 0. The smallest absolute Gasteiger partial charge is 0.303 e. The molecule has 1 unspecified atom stereocenters. The van der Waals surface area contributed by atoms with E-state index in [1.54, 1.807) is 12.3 Å². The van der Waals surface area contributed by atoms with Crippen LogP contribution in [0.4, 0.5) is 13.2 Å². The molecule has 1 fully saturated rings. The van der Waals surface area contributed by atoms with Crippen molar-refractivity contribution in [3.8, 4) is 0 Å². The van der Waals surface area contributed by atoms with Crippen LogP contribution in [0.5, 0.6) is 0 Å². The number of rotatable bonds is 4. The van der Waals surface area contributed by atoms with Gasteiger partial charge in [0, 0.05) is 0 Å². The first-order valence-corrected chi connectivity index (χ1v) is 10.3. The Morgan fingerprint density at radius 1 is 1.07 bits per heavy atom. The van der Waals surface area contributed by atoms with Crippen molar-refractivity contribution in [3.63, 3.8) is 0 Å². The number of alkyl halides is 3. The molecule has 158 valence electrons. The highest BCUT2D eigenvalue weighted by molar-refractivity contribution is 8.15. The number of nitrogens with one attached hydrogen (secondary N) is 1. The summed E-state index contributed by atoms with van der Waals surface area (Å²) in [6.45, 7) is 6.41. The van der Waals surface area contributed by atoms with Crippen molar-refractivity contribution < 1.29 is 18.0 Å². The molecule has 1 N–H and O–H groups in total. The number of thioether (sulfide) groups is 1. The number of carbonyl (C=O) groups excluding carboxylic acids is 1. The molecule has 4 nitrogen and oxygen atoms in total. The Morgan fingerprint density at radius 3 is 2.40 bits per heavy atom. The lowest BCUT2D eigenvalue weighted by molar-refractivity contribution is -0.137. The molecule has 0 aromatic heterocycles. The Balaban J connectivity index is 1.63. The van der Waals surface area contributed by atoms with Gasteiger partial charge in [0.2, 0.25) is 5.91 Å². The van der Waals surface area contributed by atoms with Gasteiger partial charge in [-0.2, -0.15) is 18.3 Å². The molecule has 30 heavy (non-hydrogen) atoms. The molecular weight excluding hydrogens is 411 g/mol. The number of halogens is 3. The molecule has 2 aromatic rings. The SMILES string of the molecule is CC(C)(C)c1ccc(/C=N/N=C2\NC(=O)C(Cc3cccc(C(F)(F)F)c3)S2)cc1. The molecule has 2 aromatic carbocycles. The van der Waals surface area contributed by atoms with Crippen LogP contribution in [0.15, 0.2) is 58.7 Å². The molecule has 3 rings (SSSR count). The van der Waals surface area contributed by atoms with Gasteiger partial charge in [-0.15, -0.1) is 5.10 Å². The highest BCUT2D eigenvalue weighted by atomic mass is 32.2. The lowest BCUT2D eigenvalue weighted by atomic mass is 9.87. The second-order valence-corrected chi connectivity index (χ2v) is 9.21. The number of hydrogen-bond donors (Lipinski definition) is 1. The number of hydrogen-bond acceptors (Lipinski definition) is 4. The van der Waals surface area contributed by atoms with Crippen LogP contribution in [-0.4, -0.2) is 22.5 Å². The Kier molecular flexibility index (Phi) is 6.36. The second-order valence-electron chi connectivity index (χ2n) is 8.02. The maximum absolute atomic E-state index is 12.9. The molecule has 1 atom stereocenters. The van der Waals surface area contributed by atoms with Crippen LogP contribution in [-0.2, 0) is 22.8 Å². The minimum atomic E-state index is -4.41. The van der Waals surface area contributed by atoms with Gasteiger partial charge in [-0.3, -0.25) is 4.79 Å². The second kappa shape index (κ2) is 8.63. The molecular formula is C22H22F3N3OS. The van der Waals surface area contributed by atoms with Gasteiger partial charge < -0.3 is 5.32 Å². The third-order valence-electron chi connectivity index (χ3n) is 4.58. The third kappa shape index (κ3) is 5.72. The van der Waals surface area contributed by atoms with Crippen molar-refractivity contribution in [1.29, 1.82) is 0 Å². The molecule has 1 amide bonds. The zero-order valence-electron chi connectivity index (χ0n) is 16.8. The summed E-state index contributed by atoms with van der Waals surface area (Å²) in [5.41, 5.74) is 1.87. The highest BCUT2D eigenvalue weighted by Gasteiger charge is 2.33. The van der Waals surface area contributed by atoms with Gasteiger partial charge in [-0.05, 0) is 34.6 Å².